The van der Waals surface area contributed by atoms with Gasteiger partial charge in [0.05, 0.1) is 33.4 Å². The van der Waals surface area contributed by atoms with Crippen LogP contribution in [0, 0.1) is 11.3 Å². The Hall–Kier alpha value is -2.22. The van der Waals surface area contributed by atoms with E-state index in [-0.39, 0.29) is 0 Å². The topological polar surface area (TPSA) is 52.5 Å². The number of benzene rings is 2. The molecule has 1 N–H and O–H groups in total. The lowest BCUT2D eigenvalue weighted by atomic mass is 10.1. The standard InChI is InChI=1S/C16H10ClN3S/c17-13-3-1-2-4-14(13)21-15-10-19-20-16(15)12-7-5-11(9-18)6-8-12/h1-8,10H,(H,19,20). The minimum atomic E-state index is 0.638. The molecule has 0 radical (unpaired) electrons. The first-order valence-electron chi connectivity index (χ1n) is 6.24. The normalized spacial score (nSPS) is 10.3. The van der Waals surface area contributed by atoms with Crippen molar-refractivity contribution in [3.63, 3.8) is 0 Å². The van der Waals surface area contributed by atoms with Crippen LogP contribution in [0.1, 0.15) is 5.56 Å². The maximum atomic E-state index is 8.85. The lowest BCUT2D eigenvalue weighted by Gasteiger charge is -2.05. The van der Waals surface area contributed by atoms with Gasteiger partial charge in [-0.1, -0.05) is 47.6 Å². The van der Waals surface area contributed by atoms with Crippen molar-refractivity contribution in [2.75, 3.05) is 0 Å². The van der Waals surface area contributed by atoms with Gasteiger partial charge >= 0.3 is 0 Å². The fourth-order valence-corrected chi connectivity index (χ4v) is 3.09. The van der Waals surface area contributed by atoms with Crippen molar-refractivity contribution in [2.24, 2.45) is 0 Å². The van der Waals surface area contributed by atoms with Crippen molar-refractivity contribution in [2.45, 2.75) is 9.79 Å². The lowest BCUT2D eigenvalue weighted by Crippen LogP contribution is -1.82. The highest BCUT2D eigenvalue weighted by molar-refractivity contribution is 7.99. The summed E-state index contributed by atoms with van der Waals surface area (Å²) in [7, 11) is 0. The zero-order valence-corrected chi connectivity index (χ0v) is 12.4. The van der Waals surface area contributed by atoms with Gasteiger partial charge in [0, 0.05) is 10.5 Å². The van der Waals surface area contributed by atoms with E-state index in [9.17, 15) is 0 Å². The first kappa shape index (κ1) is 13.7. The Bertz CT molecular complexity index is 803. The molecule has 3 nitrogen and oxygen atoms in total. The Kier molecular flexibility index (Phi) is 3.96. The van der Waals surface area contributed by atoms with E-state index in [1.165, 1.54) is 0 Å². The minimum Gasteiger partial charge on any atom is -0.277 e. The van der Waals surface area contributed by atoms with E-state index >= 15 is 0 Å². The molecule has 21 heavy (non-hydrogen) atoms. The van der Waals surface area contributed by atoms with Gasteiger partial charge in [-0.2, -0.15) is 10.4 Å². The zero-order chi connectivity index (χ0) is 14.7. The van der Waals surface area contributed by atoms with E-state index in [0.717, 1.165) is 26.1 Å². The highest BCUT2D eigenvalue weighted by Gasteiger charge is 2.11. The molecule has 0 aliphatic carbocycles. The van der Waals surface area contributed by atoms with Gasteiger partial charge in [0.2, 0.25) is 0 Å². The Morgan fingerprint density at radius 3 is 2.52 bits per heavy atom. The Morgan fingerprint density at radius 1 is 1.05 bits per heavy atom. The summed E-state index contributed by atoms with van der Waals surface area (Å²) in [6.45, 7) is 0. The van der Waals surface area contributed by atoms with Crippen LogP contribution in [0.5, 0.6) is 0 Å². The van der Waals surface area contributed by atoms with Crippen LogP contribution in [0.2, 0.25) is 5.02 Å². The molecule has 0 saturated heterocycles. The van der Waals surface area contributed by atoms with Crippen LogP contribution in [0.25, 0.3) is 11.3 Å². The average molecular weight is 312 g/mol. The molecule has 2 aromatic carbocycles. The molecule has 1 aromatic heterocycles. The predicted molar refractivity (Wildman–Crippen MR) is 84.3 cm³/mol. The van der Waals surface area contributed by atoms with Crippen molar-refractivity contribution >= 4 is 23.4 Å². The molecule has 3 aromatic rings. The van der Waals surface area contributed by atoms with E-state index in [2.05, 4.69) is 16.3 Å². The summed E-state index contributed by atoms with van der Waals surface area (Å²) >= 11 is 7.75. The van der Waals surface area contributed by atoms with Gasteiger partial charge in [-0.15, -0.1) is 0 Å². The molecule has 3 rings (SSSR count). The number of nitrogens with one attached hydrogen (secondary N) is 1. The van der Waals surface area contributed by atoms with E-state index in [1.807, 2.05) is 36.4 Å². The van der Waals surface area contributed by atoms with Gasteiger partial charge in [-0.05, 0) is 24.3 Å². The molecule has 0 fully saturated rings. The maximum absolute atomic E-state index is 8.85. The molecule has 0 aliphatic heterocycles. The van der Waals surface area contributed by atoms with Gasteiger partial charge in [-0.25, -0.2) is 0 Å². The number of nitrogens with zero attached hydrogens (tertiary/aromatic N) is 2. The number of hydrogen-bond acceptors (Lipinski definition) is 3. The second-order valence-corrected chi connectivity index (χ2v) is 5.82. The largest absolute Gasteiger partial charge is 0.277 e. The number of nitriles is 1. The van der Waals surface area contributed by atoms with E-state index in [1.54, 1.807) is 30.1 Å². The Balaban J connectivity index is 1.94. The molecule has 0 bridgehead atoms. The Labute approximate surface area is 131 Å². The molecule has 0 aliphatic rings. The quantitative estimate of drug-likeness (QED) is 0.759. The number of H-pyrrole nitrogens is 1. The van der Waals surface area contributed by atoms with Gasteiger partial charge in [0.1, 0.15) is 0 Å². The first-order valence-corrected chi connectivity index (χ1v) is 7.43. The van der Waals surface area contributed by atoms with E-state index < -0.39 is 0 Å². The molecule has 0 spiro atoms. The predicted octanol–water partition coefficient (Wildman–Crippen LogP) is 4.75. The van der Waals surface area contributed by atoms with Crippen LogP contribution in [-0.4, -0.2) is 10.2 Å². The fraction of sp³-hybridized carbons (Fsp3) is 0. The molecule has 0 amide bonds. The van der Waals surface area contributed by atoms with Gasteiger partial charge in [-0.3, -0.25) is 5.10 Å². The number of aromatic nitrogens is 2. The fourth-order valence-electron chi connectivity index (χ4n) is 1.92. The van der Waals surface area contributed by atoms with Crippen LogP contribution in [0.4, 0.5) is 0 Å². The van der Waals surface area contributed by atoms with Crippen LogP contribution in [0.15, 0.2) is 64.5 Å². The van der Waals surface area contributed by atoms with E-state index in [4.69, 9.17) is 16.9 Å². The van der Waals surface area contributed by atoms with Crippen LogP contribution >= 0.6 is 23.4 Å². The first-order chi connectivity index (χ1) is 10.3. The lowest BCUT2D eigenvalue weighted by molar-refractivity contribution is 1.10. The molecule has 102 valence electrons. The molecule has 0 unspecified atom stereocenters. The molecule has 1 heterocycles. The third-order valence-corrected chi connectivity index (χ3v) is 4.51. The number of rotatable bonds is 3. The van der Waals surface area contributed by atoms with Gasteiger partial charge in [0.15, 0.2) is 0 Å². The molecular formula is C16H10ClN3S. The molecular weight excluding hydrogens is 302 g/mol. The zero-order valence-electron chi connectivity index (χ0n) is 10.9. The molecule has 5 heteroatoms. The monoisotopic (exact) mass is 311 g/mol. The van der Waals surface area contributed by atoms with Crippen molar-refractivity contribution in [1.29, 1.82) is 5.26 Å². The number of halogens is 1. The third kappa shape index (κ3) is 2.94. The summed E-state index contributed by atoms with van der Waals surface area (Å²) in [6, 6.07) is 17.2. The second-order valence-electron chi connectivity index (χ2n) is 4.33. The second kappa shape index (κ2) is 6.04. The highest BCUT2D eigenvalue weighted by atomic mass is 35.5. The molecule has 0 saturated carbocycles. The van der Waals surface area contributed by atoms with Crippen molar-refractivity contribution in [1.82, 2.24) is 10.2 Å². The smallest absolute Gasteiger partial charge is 0.0991 e. The Morgan fingerprint density at radius 2 is 1.81 bits per heavy atom. The third-order valence-electron chi connectivity index (χ3n) is 2.96. The molecule has 0 atom stereocenters. The van der Waals surface area contributed by atoms with Crippen molar-refractivity contribution in [3.8, 4) is 17.3 Å². The average Bonchev–Trinajstić information content (AvgIpc) is 2.98. The van der Waals surface area contributed by atoms with Crippen molar-refractivity contribution in [3.05, 3.63) is 65.3 Å². The summed E-state index contributed by atoms with van der Waals surface area (Å²) in [5, 5.41) is 16.7. The SMILES string of the molecule is N#Cc1ccc(-c2[nH]ncc2Sc2ccccc2Cl)cc1. The minimum absolute atomic E-state index is 0.638. The van der Waals surface area contributed by atoms with Gasteiger partial charge < -0.3 is 0 Å². The van der Waals surface area contributed by atoms with Crippen molar-refractivity contribution < 1.29 is 0 Å². The summed E-state index contributed by atoms with van der Waals surface area (Å²) < 4.78 is 0. The summed E-state index contributed by atoms with van der Waals surface area (Å²) in [5.41, 5.74) is 2.55. The maximum Gasteiger partial charge on any atom is 0.0991 e. The summed E-state index contributed by atoms with van der Waals surface area (Å²) in [5.74, 6) is 0. The van der Waals surface area contributed by atoms with Crippen LogP contribution in [0.3, 0.4) is 0 Å². The number of hydrogen-bond donors (Lipinski definition) is 1. The van der Waals surface area contributed by atoms with Gasteiger partial charge in [0.25, 0.3) is 0 Å². The van der Waals surface area contributed by atoms with Crippen LogP contribution < -0.4 is 0 Å². The number of aromatic amines is 1. The van der Waals surface area contributed by atoms with Crippen LogP contribution in [-0.2, 0) is 0 Å². The highest BCUT2D eigenvalue weighted by Crippen LogP contribution is 2.37. The van der Waals surface area contributed by atoms with E-state index in [0.29, 0.717) is 5.56 Å². The summed E-state index contributed by atoms with van der Waals surface area (Å²) in [4.78, 5) is 1.98. The summed E-state index contributed by atoms with van der Waals surface area (Å²) in [6.07, 6.45) is 1.78.